The van der Waals surface area contributed by atoms with Crippen LogP contribution in [0.3, 0.4) is 0 Å². The number of alkyl carbamates (subject to hydrolysis) is 1. The quantitative estimate of drug-likeness (QED) is 0.352. The third-order valence-corrected chi connectivity index (χ3v) is 6.31. The molecule has 37 heavy (non-hydrogen) atoms. The molecule has 0 fully saturated rings. The summed E-state index contributed by atoms with van der Waals surface area (Å²) in [5.41, 5.74) is 4.01. The molecule has 0 aromatic heterocycles. The van der Waals surface area contributed by atoms with Crippen LogP contribution < -0.4 is 10.6 Å². The summed E-state index contributed by atoms with van der Waals surface area (Å²) < 4.78 is 11.2. The molecule has 0 saturated carbocycles. The normalized spacial score (nSPS) is 14.3. The number of carboxylic acids is 1. The molecule has 0 heterocycles. The van der Waals surface area contributed by atoms with E-state index in [0.717, 1.165) is 22.3 Å². The lowest BCUT2D eigenvalue weighted by molar-refractivity contribution is -0.142. The van der Waals surface area contributed by atoms with Crippen molar-refractivity contribution in [3.63, 3.8) is 0 Å². The predicted octanol–water partition coefficient (Wildman–Crippen LogP) is 4.86. The number of carboxylic acid groups (broad SMARTS) is 1. The van der Waals surface area contributed by atoms with Crippen LogP contribution in [0.2, 0.25) is 0 Å². The van der Waals surface area contributed by atoms with Crippen molar-refractivity contribution in [2.45, 2.75) is 77.0 Å². The molecule has 0 aliphatic heterocycles. The first-order chi connectivity index (χ1) is 17.6. The third-order valence-electron chi connectivity index (χ3n) is 6.31. The molecule has 0 bridgehead atoms. The van der Waals surface area contributed by atoms with E-state index in [1.165, 1.54) is 0 Å². The van der Waals surface area contributed by atoms with Gasteiger partial charge in [-0.15, -0.1) is 0 Å². The topological polar surface area (TPSA) is 114 Å². The molecule has 0 spiro atoms. The minimum Gasteiger partial charge on any atom is -0.480 e. The molecule has 1 aliphatic rings. The zero-order valence-electron chi connectivity index (χ0n) is 22.1. The second kappa shape index (κ2) is 12.7. The largest absolute Gasteiger partial charge is 0.480 e. The molecular weight excluding hydrogens is 472 g/mol. The molecule has 3 N–H and O–H groups in total. The van der Waals surface area contributed by atoms with Crippen LogP contribution >= 0.6 is 0 Å². The molecule has 2 aromatic carbocycles. The summed E-state index contributed by atoms with van der Waals surface area (Å²) in [6, 6.07) is 15.0. The van der Waals surface area contributed by atoms with Crippen LogP contribution in [0.1, 0.15) is 70.4 Å². The van der Waals surface area contributed by atoms with Gasteiger partial charge in [-0.3, -0.25) is 4.79 Å². The zero-order chi connectivity index (χ0) is 27.0. The fraction of sp³-hybridized carbons (Fsp3) is 0.483. The summed E-state index contributed by atoms with van der Waals surface area (Å²) in [5, 5.41) is 14.9. The van der Waals surface area contributed by atoms with E-state index in [9.17, 15) is 19.5 Å². The number of unbranched alkanes of at least 4 members (excludes halogenated alkanes) is 1. The van der Waals surface area contributed by atoms with E-state index in [1.807, 2.05) is 64.1 Å². The number of fused-ring (bicyclic) bond motifs is 3. The summed E-state index contributed by atoms with van der Waals surface area (Å²) in [4.78, 5) is 36.5. The van der Waals surface area contributed by atoms with Crippen LogP contribution in [0.25, 0.3) is 11.1 Å². The zero-order valence-corrected chi connectivity index (χ0v) is 22.1. The number of nitrogens with one attached hydrogen (secondary N) is 2. The highest BCUT2D eigenvalue weighted by atomic mass is 16.5. The summed E-state index contributed by atoms with van der Waals surface area (Å²) in [6.45, 7) is 8.12. The predicted molar refractivity (Wildman–Crippen MR) is 141 cm³/mol. The van der Waals surface area contributed by atoms with Crippen molar-refractivity contribution in [3.05, 3.63) is 59.7 Å². The number of rotatable bonds is 12. The van der Waals surface area contributed by atoms with Gasteiger partial charge in [-0.05, 0) is 68.7 Å². The fourth-order valence-corrected chi connectivity index (χ4v) is 4.59. The molecule has 200 valence electrons. The van der Waals surface area contributed by atoms with Crippen LogP contribution in [0, 0.1) is 0 Å². The van der Waals surface area contributed by atoms with Gasteiger partial charge < -0.3 is 25.2 Å². The number of ether oxygens (including phenoxy) is 2. The number of hydrogen-bond acceptors (Lipinski definition) is 5. The Morgan fingerprint density at radius 1 is 0.973 bits per heavy atom. The van der Waals surface area contributed by atoms with E-state index in [4.69, 9.17) is 9.47 Å². The van der Waals surface area contributed by atoms with Gasteiger partial charge in [0, 0.05) is 12.5 Å². The molecule has 2 atom stereocenters. The molecule has 0 radical (unpaired) electrons. The monoisotopic (exact) mass is 510 g/mol. The second-order valence-electron chi connectivity index (χ2n) is 10.3. The lowest BCUT2D eigenvalue weighted by Gasteiger charge is -2.26. The van der Waals surface area contributed by atoms with E-state index in [0.29, 0.717) is 25.8 Å². The van der Waals surface area contributed by atoms with Gasteiger partial charge in [-0.2, -0.15) is 0 Å². The highest BCUT2D eigenvalue weighted by molar-refractivity contribution is 5.81. The fourth-order valence-electron chi connectivity index (χ4n) is 4.59. The van der Waals surface area contributed by atoms with Crippen LogP contribution in [0.15, 0.2) is 48.5 Å². The van der Waals surface area contributed by atoms with Crippen LogP contribution in [-0.2, 0) is 19.1 Å². The Labute approximate surface area is 218 Å². The Morgan fingerprint density at radius 2 is 1.57 bits per heavy atom. The smallest absolute Gasteiger partial charge is 0.407 e. The Bertz CT molecular complexity index is 1050. The highest BCUT2D eigenvalue weighted by Crippen LogP contribution is 2.44. The first-order valence-electron chi connectivity index (χ1n) is 12.9. The Hall–Kier alpha value is -3.39. The highest BCUT2D eigenvalue weighted by Gasteiger charge is 2.30. The first kappa shape index (κ1) is 28.2. The van der Waals surface area contributed by atoms with Crippen molar-refractivity contribution in [1.29, 1.82) is 0 Å². The van der Waals surface area contributed by atoms with E-state index < -0.39 is 29.8 Å². The number of carbonyl (C=O) groups is 3. The van der Waals surface area contributed by atoms with E-state index >= 15 is 0 Å². The maximum Gasteiger partial charge on any atom is 0.407 e. The maximum atomic E-state index is 12.5. The molecule has 0 saturated heterocycles. The van der Waals surface area contributed by atoms with Crippen LogP contribution in [0.4, 0.5) is 4.79 Å². The minimum atomic E-state index is -1.12. The van der Waals surface area contributed by atoms with Crippen molar-refractivity contribution in [2.75, 3.05) is 13.2 Å². The van der Waals surface area contributed by atoms with Crippen LogP contribution in [-0.4, -0.2) is 54.0 Å². The summed E-state index contributed by atoms with van der Waals surface area (Å²) >= 11 is 0. The van der Waals surface area contributed by atoms with Crippen molar-refractivity contribution < 1.29 is 29.0 Å². The maximum absolute atomic E-state index is 12.5. The van der Waals surface area contributed by atoms with Gasteiger partial charge in [0.25, 0.3) is 0 Å². The number of amides is 2. The number of carbonyl (C=O) groups excluding carboxylic acids is 2. The Balaban J connectivity index is 1.44. The first-order valence-corrected chi connectivity index (χ1v) is 12.9. The summed E-state index contributed by atoms with van der Waals surface area (Å²) in [7, 11) is 0. The van der Waals surface area contributed by atoms with Gasteiger partial charge in [-0.1, -0.05) is 55.5 Å². The van der Waals surface area contributed by atoms with Gasteiger partial charge in [0.1, 0.15) is 18.8 Å². The number of hydrogen-bond donors (Lipinski definition) is 3. The Kier molecular flexibility index (Phi) is 9.69. The van der Waals surface area contributed by atoms with Gasteiger partial charge in [0.15, 0.2) is 0 Å². The van der Waals surface area contributed by atoms with Gasteiger partial charge in [-0.25, -0.2) is 9.59 Å². The van der Waals surface area contributed by atoms with Crippen molar-refractivity contribution in [1.82, 2.24) is 10.6 Å². The lowest BCUT2D eigenvalue weighted by atomic mass is 9.98. The van der Waals surface area contributed by atoms with Gasteiger partial charge in [0.05, 0.1) is 5.60 Å². The number of aliphatic carboxylic acids is 1. The number of benzene rings is 2. The van der Waals surface area contributed by atoms with Gasteiger partial charge >= 0.3 is 12.1 Å². The summed E-state index contributed by atoms with van der Waals surface area (Å²) in [5.74, 6) is -1.40. The summed E-state index contributed by atoms with van der Waals surface area (Å²) in [6.07, 6.45) is 0.597. The molecular formula is C29H38N2O6. The second-order valence-corrected chi connectivity index (χ2v) is 10.3. The minimum absolute atomic E-state index is 0.0979. The van der Waals surface area contributed by atoms with Crippen LogP contribution in [0.5, 0.6) is 0 Å². The Morgan fingerprint density at radius 3 is 2.11 bits per heavy atom. The molecule has 1 aliphatic carbocycles. The molecule has 8 nitrogen and oxygen atoms in total. The molecule has 3 rings (SSSR count). The van der Waals surface area contributed by atoms with Crippen molar-refractivity contribution in [3.8, 4) is 11.1 Å². The third kappa shape index (κ3) is 7.79. The molecule has 8 heteroatoms. The van der Waals surface area contributed by atoms with Crippen molar-refractivity contribution in [2.24, 2.45) is 0 Å². The lowest BCUT2D eigenvalue weighted by Crippen LogP contribution is -2.42. The average molecular weight is 511 g/mol. The van der Waals surface area contributed by atoms with E-state index in [-0.39, 0.29) is 24.9 Å². The van der Waals surface area contributed by atoms with Crippen molar-refractivity contribution >= 4 is 18.0 Å². The molecule has 1 unspecified atom stereocenters. The van der Waals surface area contributed by atoms with Gasteiger partial charge in [0.2, 0.25) is 5.91 Å². The average Bonchev–Trinajstić information content (AvgIpc) is 3.18. The molecule has 2 amide bonds. The standard InChI is InChI=1S/C29H38N2O6/c1-5-25(37-29(2,3)4)26(32)30-17-11-10-16-24(27(33)34)31-28(35)36-18-23-21-14-8-6-12-19(21)20-13-7-9-15-22(20)23/h6-9,12-15,23-25H,5,10-11,16-18H2,1-4H3,(H,30,32)(H,31,35)(H,33,34)/t24-,25?/m0/s1. The van der Waals surface area contributed by atoms with E-state index in [1.54, 1.807) is 0 Å². The molecule has 2 aromatic rings. The SMILES string of the molecule is CCC(OC(C)(C)C)C(=O)NCCCC[C@H](NC(=O)OCC1c2ccccc2-c2ccccc21)C(=O)O. The van der Waals surface area contributed by atoms with E-state index in [2.05, 4.69) is 22.8 Å².